The van der Waals surface area contributed by atoms with Gasteiger partial charge in [-0.25, -0.2) is 9.98 Å². The van der Waals surface area contributed by atoms with E-state index >= 15 is 0 Å². The fourth-order valence-electron chi connectivity index (χ4n) is 0.899. The van der Waals surface area contributed by atoms with Crippen LogP contribution in [0.25, 0.3) is 0 Å². The standard InChI is InChI=1S/C10H12N2/c1-8-6-4-5-7-10(8)12-9(2)11-3/h4-7H,3H2,1-2H3. The lowest BCUT2D eigenvalue weighted by Crippen LogP contribution is -1.82. The minimum Gasteiger partial charge on any atom is -0.250 e. The van der Waals surface area contributed by atoms with Crippen LogP contribution in [0.3, 0.4) is 0 Å². The Hall–Kier alpha value is -1.44. The molecule has 1 rings (SSSR count). The summed E-state index contributed by atoms with van der Waals surface area (Å²) in [5.74, 6) is 0.698. The number of benzene rings is 1. The van der Waals surface area contributed by atoms with Crippen molar-refractivity contribution >= 4 is 18.2 Å². The van der Waals surface area contributed by atoms with Crippen LogP contribution in [0, 0.1) is 6.92 Å². The van der Waals surface area contributed by atoms with Gasteiger partial charge in [-0.1, -0.05) is 18.2 Å². The maximum atomic E-state index is 4.26. The SMILES string of the molecule is C=NC(C)=Nc1ccccc1C. The van der Waals surface area contributed by atoms with Gasteiger partial charge < -0.3 is 0 Å². The molecule has 0 N–H and O–H groups in total. The molecule has 2 heteroatoms. The third-order valence-corrected chi connectivity index (χ3v) is 1.63. The summed E-state index contributed by atoms with van der Waals surface area (Å²) in [6.07, 6.45) is 0. The summed E-state index contributed by atoms with van der Waals surface area (Å²) in [5, 5.41) is 0. The minimum absolute atomic E-state index is 0.698. The van der Waals surface area contributed by atoms with Crippen LogP contribution in [0.15, 0.2) is 34.3 Å². The van der Waals surface area contributed by atoms with Gasteiger partial charge in [-0.2, -0.15) is 0 Å². The van der Waals surface area contributed by atoms with Crippen molar-refractivity contribution in [2.75, 3.05) is 0 Å². The zero-order valence-electron chi connectivity index (χ0n) is 7.41. The van der Waals surface area contributed by atoms with Crippen molar-refractivity contribution in [3.05, 3.63) is 29.8 Å². The summed E-state index contributed by atoms with van der Waals surface area (Å²) >= 11 is 0. The van der Waals surface area contributed by atoms with Crippen molar-refractivity contribution in [2.45, 2.75) is 13.8 Å². The molecule has 1 aromatic rings. The molecule has 0 amide bonds. The van der Waals surface area contributed by atoms with Crippen molar-refractivity contribution in [1.29, 1.82) is 0 Å². The second-order valence-corrected chi connectivity index (χ2v) is 2.60. The maximum absolute atomic E-state index is 4.26. The molecule has 0 aromatic heterocycles. The topological polar surface area (TPSA) is 24.7 Å². The van der Waals surface area contributed by atoms with Crippen LogP contribution in [0.1, 0.15) is 12.5 Å². The highest BCUT2D eigenvalue weighted by Gasteiger charge is 1.93. The van der Waals surface area contributed by atoms with E-state index in [4.69, 9.17) is 0 Å². The number of nitrogens with zero attached hydrogens (tertiary/aromatic N) is 2. The van der Waals surface area contributed by atoms with Gasteiger partial charge >= 0.3 is 0 Å². The smallest absolute Gasteiger partial charge is 0.125 e. The zero-order valence-corrected chi connectivity index (χ0v) is 7.41. The molecule has 0 atom stereocenters. The lowest BCUT2D eigenvalue weighted by molar-refractivity contribution is 1.37. The number of rotatable bonds is 1. The van der Waals surface area contributed by atoms with Gasteiger partial charge in [0, 0.05) is 0 Å². The minimum atomic E-state index is 0.698. The van der Waals surface area contributed by atoms with Crippen molar-refractivity contribution in [1.82, 2.24) is 0 Å². The van der Waals surface area contributed by atoms with Crippen LogP contribution >= 0.6 is 0 Å². The molecule has 62 valence electrons. The molecule has 0 unspecified atom stereocenters. The van der Waals surface area contributed by atoms with Crippen molar-refractivity contribution in [3.63, 3.8) is 0 Å². The maximum Gasteiger partial charge on any atom is 0.125 e. The van der Waals surface area contributed by atoms with Gasteiger partial charge in [-0.05, 0) is 32.2 Å². The fraction of sp³-hybridized carbons (Fsp3) is 0.200. The normalized spacial score (nSPS) is 11.3. The molecule has 0 bridgehead atoms. The highest BCUT2D eigenvalue weighted by molar-refractivity contribution is 5.86. The zero-order chi connectivity index (χ0) is 8.97. The van der Waals surface area contributed by atoms with Crippen molar-refractivity contribution < 1.29 is 0 Å². The molecular formula is C10H12N2. The molecule has 0 radical (unpaired) electrons. The predicted octanol–water partition coefficient (Wildman–Crippen LogP) is 2.75. The largest absolute Gasteiger partial charge is 0.250 e. The van der Waals surface area contributed by atoms with Gasteiger partial charge in [0.25, 0.3) is 0 Å². The summed E-state index contributed by atoms with van der Waals surface area (Å²) in [5.41, 5.74) is 2.11. The van der Waals surface area contributed by atoms with Crippen LogP contribution in [-0.4, -0.2) is 12.6 Å². The average molecular weight is 160 g/mol. The van der Waals surface area contributed by atoms with E-state index in [1.165, 1.54) is 0 Å². The first-order chi connectivity index (χ1) is 5.74. The third-order valence-electron chi connectivity index (χ3n) is 1.63. The van der Waals surface area contributed by atoms with Gasteiger partial charge in [0.2, 0.25) is 0 Å². The van der Waals surface area contributed by atoms with Crippen molar-refractivity contribution in [2.24, 2.45) is 9.98 Å². The quantitative estimate of drug-likeness (QED) is 0.446. The Morgan fingerprint density at radius 3 is 2.58 bits per heavy atom. The van der Waals surface area contributed by atoms with Crippen LogP contribution in [0.2, 0.25) is 0 Å². The summed E-state index contributed by atoms with van der Waals surface area (Å²) in [4.78, 5) is 7.99. The summed E-state index contributed by atoms with van der Waals surface area (Å²) in [6.45, 7) is 7.26. The molecule has 0 aliphatic heterocycles. The molecule has 0 aliphatic carbocycles. The third kappa shape index (κ3) is 2.02. The van der Waals surface area contributed by atoms with Gasteiger partial charge in [-0.3, -0.25) is 0 Å². The molecule has 0 saturated carbocycles. The van der Waals surface area contributed by atoms with E-state index < -0.39 is 0 Å². The fourth-order valence-corrected chi connectivity index (χ4v) is 0.899. The average Bonchev–Trinajstić information content (AvgIpc) is 2.09. The first-order valence-electron chi connectivity index (χ1n) is 3.81. The van der Waals surface area contributed by atoms with Gasteiger partial charge in [0.05, 0.1) is 5.69 Å². The van der Waals surface area contributed by atoms with Crippen molar-refractivity contribution in [3.8, 4) is 0 Å². The van der Waals surface area contributed by atoms with Crippen LogP contribution in [0.5, 0.6) is 0 Å². The van der Waals surface area contributed by atoms with E-state index in [1.54, 1.807) is 0 Å². The van der Waals surface area contributed by atoms with Gasteiger partial charge in [-0.15, -0.1) is 0 Å². The van der Waals surface area contributed by atoms with Crippen LogP contribution in [-0.2, 0) is 0 Å². The van der Waals surface area contributed by atoms with Crippen LogP contribution in [0.4, 0.5) is 5.69 Å². The number of aliphatic imine (C=N–C) groups is 2. The lowest BCUT2D eigenvalue weighted by atomic mass is 10.2. The van der Waals surface area contributed by atoms with E-state index in [0.717, 1.165) is 11.3 Å². The Bertz CT molecular complexity index is 313. The molecule has 0 heterocycles. The monoisotopic (exact) mass is 160 g/mol. The molecule has 2 nitrogen and oxygen atoms in total. The van der Waals surface area contributed by atoms with E-state index in [0.29, 0.717) is 5.84 Å². The summed E-state index contributed by atoms with van der Waals surface area (Å²) in [7, 11) is 0. The second-order valence-electron chi connectivity index (χ2n) is 2.60. The Kier molecular flexibility index (Phi) is 2.75. The predicted molar refractivity (Wildman–Crippen MR) is 53.5 cm³/mol. The summed E-state index contributed by atoms with van der Waals surface area (Å²) < 4.78 is 0. The number of hydrogen-bond acceptors (Lipinski definition) is 1. The first-order valence-corrected chi connectivity index (χ1v) is 3.81. The number of aryl methyl sites for hydroxylation is 1. The number of amidine groups is 1. The van der Waals surface area contributed by atoms with E-state index in [-0.39, 0.29) is 0 Å². The van der Waals surface area contributed by atoms with Gasteiger partial charge in [0.1, 0.15) is 5.84 Å². The molecule has 12 heavy (non-hydrogen) atoms. The van der Waals surface area contributed by atoms with E-state index in [1.807, 2.05) is 38.1 Å². The number of hydrogen-bond donors (Lipinski definition) is 0. The lowest BCUT2D eigenvalue weighted by Gasteiger charge is -1.98. The highest BCUT2D eigenvalue weighted by Crippen LogP contribution is 2.17. The molecule has 1 aromatic carbocycles. The summed E-state index contributed by atoms with van der Waals surface area (Å²) in [6, 6.07) is 7.94. The highest BCUT2D eigenvalue weighted by atomic mass is 14.9. The number of para-hydroxylation sites is 1. The van der Waals surface area contributed by atoms with Gasteiger partial charge in [0.15, 0.2) is 0 Å². The Balaban J connectivity index is 3.04. The Morgan fingerprint density at radius 1 is 1.33 bits per heavy atom. The molecule has 0 saturated heterocycles. The molecule has 0 spiro atoms. The van der Waals surface area contributed by atoms with E-state index in [9.17, 15) is 0 Å². The Labute approximate surface area is 72.7 Å². The van der Waals surface area contributed by atoms with Crippen LogP contribution < -0.4 is 0 Å². The Morgan fingerprint density at radius 2 is 2.00 bits per heavy atom. The van der Waals surface area contributed by atoms with E-state index in [2.05, 4.69) is 16.7 Å². The molecular weight excluding hydrogens is 148 g/mol. The first kappa shape index (κ1) is 8.65. The molecule has 0 aliphatic rings. The second kappa shape index (κ2) is 3.81. The molecule has 0 fully saturated rings.